The van der Waals surface area contributed by atoms with Crippen LogP contribution in [-0.4, -0.2) is 71.8 Å². The van der Waals surface area contributed by atoms with Gasteiger partial charge in [0.05, 0.1) is 44.4 Å². The topological polar surface area (TPSA) is 144 Å². The van der Waals surface area contributed by atoms with Gasteiger partial charge in [0.25, 0.3) is 20.2 Å². The fraction of sp³-hybridized carbons (Fsp3) is 0.474. The number of aromatic nitrogens is 1. The third kappa shape index (κ3) is 7.29. The number of rotatable bonds is 11. The molecule has 0 aliphatic heterocycles. The quantitative estimate of drug-likeness (QED) is 0.333. The van der Waals surface area contributed by atoms with Gasteiger partial charge in [-0.2, -0.15) is 16.8 Å². The second-order valence-corrected chi connectivity index (χ2v) is 10.0. The third-order valence-electron chi connectivity index (χ3n) is 4.07. The van der Waals surface area contributed by atoms with Crippen LogP contribution in [0.4, 0.5) is 0 Å². The minimum Gasteiger partial charge on any atom is -0.462 e. The van der Waals surface area contributed by atoms with Gasteiger partial charge in [-0.15, -0.1) is 0 Å². The van der Waals surface area contributed by atoms with E-state index in [1.807, 2.05) is 0 Å². The number of benzene rings is 1. The van der Waals surface area contributed by atoms with Crippen molar-refractivity contribution in [3.05, 3.63) is 35.5 Å². The number of esters is 2. The highest BCUT2D eigenvalue weighted by molar-refractivity contribution is 7.86. The van der Waals surface area contributed by atoms with Crippen LogP contribution in [-0.2, 0) is 44.6 Å². The molecule has 0 bridgehead atoms. The Morgan fingerprint density at radius 1 is 0.938 bits per heavy atom. The molecule has 0 N–H and O–H groups in total. The second-order valence-electron chi connectivity index (χ2n) is 6.77. The van der Waals surface area contributed by atoms with Crippen LogP contribution in [0, 0.1) is 0 Å². The van der Waals surface area contributed by atoms with E-state index in [9.17, 15) is 26.4 Å². The van der Waals surface area contributed by atoms with Crippen molar-refractivity contribution in [2.45, 2.75) is 26.5 Å². The molecule has 1 heterocycles. The van der Waals surface area contributed by atoms with Crippen molar-refractivity contribution >= 4 is 43.1 Å². The van der Waals surface area contributed by atoms with E-state index in [1.165, 1.54) is 22.8 Å². The molecule has 1 atom stereocenters. The van der Waals surface area contributed by atoms with Crippen molar-refractivity contribution < 1.29 is 44.3 Å². The van der Waals surface area contributed by atoms with Crippen LogP contribution in [0.15, 0.2) is 24.3 Å². The van der Waals surface area contributed by atoms with Crippen LogP contribution in [0.5, 0.6) is 0 Å². The molecular formula is C19H25NO10S2. The number of hydrogen-bond donors (Lipinski definition) is 0. The Morgan fingerprint density at radius 3 is 2.12 bits per heavy atom. The molecule has 0 saturated heterocycles. The summed E-state index contributed by atoms with van der Waals surface area (Å²) in [6.45, 7) is 2.64. The largest absolute Gasteiger partial charge is 0.462 e. The lowest BCUT2D eigenvalue weighted by Gasteiger charge is -2.19. The molecule has 0 amide bonds. The minimum absolute atomic E-state index is 0.0596. The lowest BCUT2D eigenvalue weighted by Crippen LogP contribution is -2.30. The van der Waals surface area contributed by atoms with Gasteiger partial charge in [-0.3, -0.25) is 8.37 Å². The van der Waals surface area contributed by atoms with Gasteiger partial charge in [0.1, 0.15) is 11.8 Å². The van der Waals surface area contributed by atoms with Crippen molar-refractivity contribution in [3.63, 3.8) is 0 Å². The molecule has 178 valence electrons. The highest BCUT2D eigenvalue weighted by Gasteiger charge is 2.25. The van der Waals surface area contributed by atoms with Gasteiger partial charge in [0.15, 0.2) is 0 Å². The molecule has 32 heavy (non-hydrogen) atoms. The van der Waals surface area contributed by atoms with Gasteiger partial charge in [-0.05, 0) is 32.0 Å². The maximum absolute atomic E-state index is 12.5. The number of carbonyl (C=O) groups is 2. The molecule has 0 aliphatic rings. The lowest BCUT2D eigenvalue weighted by atomic mass is 10.1. The Hall–Kier alpha value is -2.48. The first-order valence-corrected chi connectivity index (χ1v) is 13.2. The summed E-state index contributed by atoms with van der Waals surface area (Å²) in [6.07, 6.45) is 0.319. The van der Waals surface area contributed by atoms with Crippen molar-refractivity contribution in [1.82, 2.24) is 4.57 Å². The predicted octanol–water partition coefficient (Wildman–Crippen LogP) is 1.32. The molecule has 1 aromatic heterocycles. The smallest absolute Gasteiger partial charge is 0.354 e. The Balaban J connectivity index is 2.58. The fourth-order valence-electron chi connectivity index (χ4n) is 2.93. The van der Waals surface area contributed by atoms with Crippen LogP contribution in [0.2, 0.25) is 0 Å². The van der Waals surface area contributed by atoms with Gasteiger partial charge in [-0.1, -0.05) is 6.07 Å². The summed E-state index contributed by atoms with van der Waals surface area (Å²) in [7, 11) is -7.89. The van der Waals surface area contributed by atoms with E-state index in [0.717, 1.165) is 12.5 Å². The summed E-state index contributed by atoms with van der Waals surface area (Å²) in [5.74, 6) is -1.27. The summed E-state index contributed by atoms with van der Waals surface area (Å²) in [5, 5.41) is 0.559. The summed E-state index contributed by atoms with van der Waals surface area (Å²) < 4.78 is 67.4. The van der Waals surface area contributed by atoms with Crippen LogP contribution in [0.25, 0.3) is 10.9 Å². The predicted molar refractivity (Wildman–Crippen MR) is 114 cm³/mol. The first-order chi connectivity index (χ1) is 14.8. The summed E-state index contributed by atoms with van der Waals surface area (Å²) in [4.78, 5) is 24.7. The summed E-state index contributed by atoms with van der Waals surface area (Å²) >= 11 is 0. The number of carbonyl (C=O) groups excluding carboxylic acids is 2. The Morgan fingerprint density at radius 2 is 1.56 bits per heavy atom. The van der Waals surface area contributed by atoms with Gasteiger partial charge >= 0.3 is 11.9 Å². The lowest BCUT2D eigenvalue weighted by molar-refractivity contribution is 0.0505. The summed E-state index contributed by atoms with van der Waals surface area (Å²) in [6, 6.07) is 6.11. The Labute approximate surface area is 186 Å². The van der Waals surface area contributed by atoms with Crippen molar-refractivity contribution in [3.8, 4) is 0 Å². The van der Waals surface area contributed by atoms with Crippen LogP contribution in [0.3, 0.4) is 0 Å². The number of hydrogen-bond acceptors (Lipinski definition) is 10. The number of fused-ring (bicyclic) bond motifs is 1. The average molecular weight is 492 g/mol. The van der Waals surface area contributed by atoms with Crippen LogP contribution < -0.4 is 0 Å². The van der Waals surface area contributed by atoms with E-state index >= 15 is 0 Å². The molecule has 2 rings (SSSR count). The van der Waals surface area contributed by atoms with E-state index in [-0.39, 0.29) is 31.0 Å². The number of ether oxygens (including phenoxy) is 2. The Bertz CT molecular complexity index is 1200. The summed E-state index contributed by atoms with van der Waals surface area (Å²) in [5.41, 5.74) is 0.659. The zero-order chi connectivity index (χ0) is 24.1. The molecule has 11 nitrogen and oxygen atoms in total. The number of nitrogens with zero attached hydrogens (tertiary/aromatic N) is 1. The van der Waals surface area contributed by atoms with E-state index in [1.54, 1.807) is 19.9 Å². The van der Waals surface area contributed by atoms with E-state index < -0.39 is 44.9 Å². The molecule has 0 unspecified atom stereocenters. The minimum atomic E-state index is -4.00. The first kappa shape index (κ1) is 25.8. The first-order valence-electron chi connectivity index (χ1n) is 9.54. The molecule has 0 fully saturated rings. The molecular weight excluding hydrogens is 466 g/mol. The van der Waals surface area contributed by atoms with Gasteiger partial charge in [0, 0.05) is 10.9 Å². The molecule has 0 aliphatic carbocycles. The average Bonchev–Trinajstić information content (AvgIpc) is 3.02. The second kappa shape index (κ2) is 10.4. The van der Waals surface area contributed by atoms with Gasteiger partial charge in [-0.25, -0.2) is 9.59 Å². The molecule has 0 saturated carbocycles. The molecule has 0 spiro atoms. The third-order valence-corrected chi connectivity index (χ3v) is 5.25. The van der Waals surface area contributed by atoms with Crippen molar-refractivity contribution in [2.75, 3.05) is 32.3 Å². The van der Waals surface area contributed by atoms with Crippen LogP contribution >= 0.6 is 0 Å². The normalized spacial score (nSPS) is 13.1. The molecule has 0 radical (unpaired) electrons. The highest BCUT2D eigenvalue weighted by Crippen LogP contribution is 2.24. The van der Waals surface area contributed by atoms with Crippen molar-refractivity contribution in [2.24, 2.45) is 0 Å². The van der Waals surface area contributed by atoms with E-state index in [0.29, 0.717) is 10.9 Å². The zero-order valence-corrected chi connectivity index (χ0v) is 19.7. The van der Waals surface area contributed by atoms with Crippen LogP contribution in [0.1, 0.15) is 34.7 Å². The molecule has 2 aromatic rings. The maximum Gasteiger partial charge on any atom is 0.354 e. The highest BCUT2D eigenvalue weighted by atomic mass is 32.2. The van der Waals surface area contributed by atoms with Crippen molar-refractivity contribution in [1.29, 1.82) is 0 Å². The molecule has 13 heteroatoms. The SMILES string of the molecule is CCOC(=O)c1ccc2cc(C(=O)OCC)n(C[C@H](COS(C)(=O)=O)OS(C)(=O)=O)c2c1. The van der Waals surface area contributed by atoms with Gasteiger partial charge < -0.3 is 14.0 Å². The molecule has 1 aromatic carbocycles. The van der Waals surface area contributed by atoms with E-state index in [2.05, 4.69) is 0 Å². The fourth-order valence-corrected chi connectivity index (χ4v) is 3.94. The Kier molecular flexibility index (Phi) is 8.40. The maximum atomic E-state index is 12.5. The zero-order valence-electron chi connectivity index (χ0n) is 18.1. The monoisotopic (exact) mass is 491 g/mol. The van der Waals surface area contributed by atoms with E-state index in [4.69, 9.17) is 17.8 Å². The standard InChI is InChI=1S/C19H25NO10S2/c1-5-27-18(21)14-8-7-13-9-17(19(22)28-6-2)20(16(13)10-14)11-15(30-32(4,25)26)12-29-31(3,23)24/h7-10,15H,5-6,11-12H2,1-4H3/t15-/m1/s1. The van der Waals surface area contributed by atoms with Gasteiger partial charge in [0.2, 0.25) is 0 Å².